The second kappa shape index (κ2) is 7.12. The normalized spacial score (nSPS) is 16.9. The molecule has 1 aliphatic heterocycles. The summed E-state index contributed by atoms with van der Waals surface area (Å²) in [4.78, 5) is 0. The maximum Gasteiger partial charge on any atom is 0.0641 e. The van der Waals surface area contributed by atoms with Crippen molar-refractivity contribution < 1.29 is 0 Å². The molecule has 1 heterocycles. The lowest BCUT2D eigenvalue weighted by atomic mass is 9.97. The number of hydrogen-bond donors (Lipinski definition) is 2. The number of rotatable bonds is 4. The number of benzene rings is 3. The molecule has 2 N–H and O–H groups in total. The zero-order valence-electron chi connectivity index (χ0n) is 14.6. The Labute approximate surface area is 149 Å². The second-order valence-corrected chi connectivity index (χ2v) is 6.77. The van der Waals surface area contributed by atoms with Gasteiger partial charge in [0.15, 0.2) is 0 Å². The molecular weight excluding hydrogens is 304 g/mol. The van der Waals surface area contributed by atoms with Crippen molar-refractivity contribution in [2.75, 3.05) is 11.9 Å². The van der Waals surface area contributed by atoms with Gasteiger partial charge >= 0.3 is 0 Å². The Bertz CT molecular complexity index is 841. The topological polar surface area (TPSA) is 24.1 Å². The van der Waals surface area contributed by atoms with E-state index in [1.807, 2.05) is 0 Å². The molecule has 0 fully saturated rings. The summed E-state index contributed by atoms with van der Waals surface area (Å²) < 4.78 is 0. The molecule has 0 saturated heterocycles. The van der Waals surface area contributed by atoms with Crippen LogP contribution in [0, 0.1) is 0 Å². The van der Waals surface area contributed by atoms with Crippen molar-refractivity contribution in [3.63, 3.8) is 0 Å². The Morgan fingerprint density at radius 2 is 1.56 bits per heavy atom. The molecule has 0 saturated carbocycles. The van der Waals surface area contributed by atoms with Crippen LogP contribution >= 0.6 is 0 Å². The standard InChI is InChI=1S/C23H24N2/c1-17(18-9-3-2-4-10-18)24-16-23-21-13-7-5-11-19(21)15-20-12-6-8-14-22(20)25-23/h2-14,17,23-25H,15-16H2,1H3/t17-,23-/m0/s1. The zero-order valence-corrected chi connectivity index (χ0v) is 14.6. The summed E-state index contributed by atoms with van der Waals surface area (Å²) >= 11 is 0. The highest BCUT2D eigenvalue weighted by atomic mass is 15.0. The molecule has 0 amide bonds. The third kappa shape index (κ3) is 3.45. The van der Waals surface area contributed by atoms with Crippen LogP contribution < -0.4 is 10.6 Å². The quantitative estimate of drug-likeness (QED) is 0.696. The number of fused-ring (bicyclic) bond motifs is 2. The molecule has 25 heavy (non-hydrogen) atoms. The van der Waals surface area contributed by atoms with E-state index in [2.05, 4.69) is 96.4 Å². The number of hydrogen-bond acceptors (Lipinski definition) is 2. The first-order valence-corrected chi connectivity index (χ1v) is 9.02. The molecule has 0 aromatic heterocycles. The molecule has 2 nitrogen and oxygen atoms in total. The van der Waals surface area contributed by atoms with E-state index in [1.165, 1.54) is 27.9 Å². The van der Waals surface area contributed by atoms with E-state index in [9.17, 15) is 0 Å². The lowest BCUT2D eigenvalue weighted by Crippen LogP contribution is -2.28. The van der Waals surface area contributed by atoms with Gasteiger partial charge in [-0.1, -0.05) is 72.8 Å². The Kier molecular flexibility index (Phi) is 4.53. The van der Waals surface area contributed by atoms with E-state index >= 15 is 0 Å². The predicted molar refractivity (Wildman–Crippen MR) is 105 cm³/mol. The third-order valence-electron chi connectivity index (χ3n) is 5.09. The summed E-state index contributed by atoms with van der Waals surface area (Å²) in [5.74, 6) is 0. The van der Waals surface area contributed by atoms with Gasteiger partial charge in [0.05, 0.1) is 6.04 Å². The molecule has 0 aliphatic carbocycles. The van der Waals surface area contributed by atoms with Crippen molar-refractivity contribution in [1.82, 2.24) is 5.32 Å². The Morgan fingerprint density at radius 1 is 0.880 bits per heavy atom. The molecule has 0 bridgehead atoms. The van der Waals surface area contributed by atoms with Crippen LogP contribution in [-0.2, 0) is 6.42 Å². The summed E-state index contributed by atoms with van der Waals surface area (Å²) in [7, 11) is 0. The minimum atomic E-state index is 0.269. The van der Waals surface area contributed by atoms with Crippen molar-refractivity contribution in [3.8, 4) is 0 Å². The molecule has 0 radical (unpaired) electrons. The number of para-hydroxylation sites is 1. The lowest BCUT2D eigenvalue weighted by molar-refractivity contribution is 0.542. The molecule has 3 aromatic carbocycles. The van der Waals surface area contributed by atoms with Crippen LogP contribution in [0.2, 0.25) is 0 Å². The van der Waals surface area contributed by atoms with E-state index in [0.29, 0.717) is 6.04 Å². The molecular formula is C23H24N2. The van der Waals surface area contributed by atoms with E-state index in [-0.39, 0.29) is 6.04 Å². The molecule has 0 spiro atoms. The van der Waals surface area contributed by atoms with Crippen molar-refractivity contribution >= 4 is 5.69 Å². The van der Waals surface area contributed by atoms with Crippen LogP contribution in [0.3, 0.4) is 0 Å². The SMILES string of the molecule is C[C@H](NC[C@@H]1Nc2ccccc2Cc2ccccc21)c1ccccc1. The van der Waals surface area contributed by atoms with Gasteiger partial charge in [-0.2, -0.15) is 0 Å². The van der Waals surface area contributed by atoms with Gasteiger partial charge in [0, 0.05) is 18.3 Å². The first kappa shape index (κ1) is 15.9. The molecule has 2 heteroatoms. The third-order valence-corrected chi connectivity index (χ3v) is 5.09. The van der Waals surface area contributed by atoms with E-state index < -0.39 is 0 Å². The van der Waals surface area contributed by atoms with Crippen LogP contribution in [-0.4, -0.2) is 6.54 Å². The minimum absolute atomic E-state index is 0.269. The number of anilines is 1. The van der Waals surface area contributed by atoms with Gasteiger partial charge in [0.25, 0.3) is 0 Å². The fourth-order valence-corrected chi connectivity index (χ4v) is 3.64. The van der Waals surface area contributed by atoms with Crippen molar-refractivity contribution in [2.45, 2.75) is 25.4 Å². The van der Waals surface area contributed by atoms with Crippen LogP contribution in [0.25, 0.3) is 0 Å². The molecule has 126 valence electrons. The molecule has 1 aliphatic rings. The molecule has 2 atom stereocenters. The summed E-state index contributed by atoms with van der Waals surface area (Å²) in [6.45, 7) is 3.12. The van der Waals surface area contributed by atoms with Crippen molar-refractivity contribution in [3.05, 3.63) is 101 Å². The maximum atomic E-state index is 3.76. The van der Waals surface area contributed by atoms with Crippen molar-refractivity contribution in [2.24, 2.45) is 0 Å². The molecule has 4 rings (SSSR count). The first-order chi connectivity index (χ1) is 12.3. The van der Waals surface area contributed by atoms with Gasteiger partial charge in [0.2, 0.25) is 0 Å². The van der Waals surface area contributed by atoms with Crippen LogP contribution in [0.1, 0.15) is 41.3 Å². The zero-order chi connectivity index (χ0) is 17.1. The van der Waals surface area contributed by atoms with Crippen LogP contribution in [0.15, 0.2) is 78.9 Å². The molecule has 0 unspecified atom stereocenters. The molecule has 3 aromatic rings. The Morgan fingerprint density at radius 3 is 2.40 bits per heavy atom. The van der Waals surface area contributed by atoms with Crippen LogP contribution in [0.5, 0.6) is 0 Å². The summed E-state index contributed by atoms with van der Waals surface area (Å²) in [6, 6.07) is 28.7. The van der Waals surface area contributed by atoms with Gasteiger partial charge in [0.1, 0.15) is 0 Å². The highest BCUT2D eigenvalue weighted by molar-refractivity contribution is 5.58. The Balaban J connectivity index is 1.58. The monoisotopic (exact) mass is 328 g/mol. The second-order valence-electron chi connectivity index (χ2n) is 6.77. The van der Waals surface area contributed by atoms with E-state index in [4.69, 9.17) is 0 Å². The first-order valence-electron chi connectivity index (χ1n) is 9.02. The largest absolute Gasteiger partial charge is 0.377 e. The van der Waals surface area contributed by atoms with Gasteiger partial charge in [-0.25, -0.2) is 0 Å². The van der Waals surface area contributed by atoms with Gasteiger partial charge in [-0.15, -0.1) is 0 Å². The fourth-order valence-electron chi connectivity index (χ4n) is 3.64. The lowest BCUT2D eigenvalue weighted by Gasteiger charge is -2.23. The average Bonchev–Trinajstić information content (AvgIpc) is 2.83. The van der Waals surface area contributed by atoms with Crippen molar-refractivity contribution in [1.29, 1.82) is 0 Å². The number of nitrogens with one attached hydrogen (secondary N) is 2. The van der Waals surface area contributed by atoms with E-state index in [1.54, 1.807) is 0 Å². The fraction of sp³-hybridized carbons (Fsp3) is 0.217. The Hall–Kier alpha value is -2.58. The summed E-state index contributed by atoms with van der Waals surface area (Å²) in [5, 5.41) is 7.47. The maximum absolute atomic E-state index is 3.76. The predicted octanol–water partition coefficient (Wildman–Crippen LogP) is 5.09. The van der Waals surface area contributed by atoms with Gasteiger partial charge in [-0.05, 0) is 41.7 Å². The van der Waals surface area contributed by atoms with E-state index in [0.717, 1.165) is 13.0 Å². The van der Waals surface area contributed by atoms with Gasteiger partial charge < -0.3 is 10.6 Å². The van der Waals surface area contributed by atoms with Gasteiger partial charge in [-0.3, -0.25) is 0 Å². The minimum Gasteiger partial charge on any atom is -0.377 e. The highest BCUT2D eigenvalue weighted by Gasteiger charge is 2.21. The average molecular weight is 328 g/mol. The summed E-state index contributed by atoms with van der Waals surface area (Å²) in [5.41, 5.74) is 6.75. The highest BCUT2D eigenvalue weighted by Crippen LogP contribution is 2.32. The van der Waals surface area contributed by atoms with Crippen LogP contribution in [0.4, 0.5) is 5.69 Å². The smallest absolute Gasteiger partial charge is 0.0641 e. The summed E-state index contributed by atoms with van der Waals surface area (Å²) in [6.07, 6.45) is 0.990.